The van der Waals surface area contributed by atoms with Crippen molar-refractivity contribution in [3.05, 3.63) is 50.7 Å². The van der Waals surface area contributed by atoms with Gasteiger partial charge in [0.2, 0.25) is 0 Å². The number of carbonyl (C=O) groups excluding carboxylic acids is 1. The molecule has 1 aromatic carbocycles. The number of halogens is 3. The number of pyridine rings is 1. The van der Waals surface area contributed by atoms with Crippen LogP contribution in [0.15, 0.2) is 29.4 Å². The van der Waals surface area contributed by atoms with Crippen molar-refractivity contribution >= 4 is 52.1 Å². The van der Waals surface area contributed by atoms with Crippen LogP contribution in [0.1, 0.15) is 23.0 Å². The molecule has 0 spiro atoms. The molecule has 0 aliphatic rings. The van der Waals surface area contributed by atoms with Gasteiger partial charge in [-0.3, -0.25) is 4.79 Å². The van der Waals surface area contributed by atoms with E-state index >= 15 is 0 Å². The normalized spacial score (nSPS) is 11.3. The lowest BCUT2D eigenvalue weighted by molar-refractivity contribution is 0.0950. The number of nitrogen functional groups attached to an aromatic ring is 1. The number of hydrogen-bond donors (Lipinski definition) is 2. The number of methoxy groups -OCH3 is 1. The quantitative estimate of drug-likeness (QED) is 0.450. The van der Waals surface area contributed by atoms with Gasteiger partial charge in [-0.15, -0.1) is 0 Å². The third kappa shape index (κ3) is 4.75. The van der Waals surface area contributed by atoms with Crippen LogP contribution >= 0.6 is 34.8 Å². The van der Waals surface area contributed by atoms with Crippen LogP contribution in [-0.4, -0.2) is 23.7 Å². The maximum absolute atomic E-state index is 12.2. The molecule has 2 rings (SSSR count). The van der Waals surface area contributed by atoms with Crippen molar-refractivity contribution < 1.29 is 9.53 Å². The van der Waals surface area contributed by atoms with Crippen molar-refractivity contribution in [2.45, 2.75) is 13.3 Å². The molecule has 1 heterocycles. The molecular formula is C16H15Cl3N4O2. The molecule has 3 N–H and O–H groups in total. The van der Waals surface area contributed by atoms with Crippen LogP contribution in [0.5, 0.6) is 5.75 Å². The summed E-state index contributed by atoms with van der Waals surface area (Å²) in [4.78, 5) is 16.0. The van der Waals surface area contributed by atoms with Gasteiger partial charge in [-0.25, -0.2) is 10.4 Å². The molecule has 9 heteroatoms. The average Bonchev–Trinajstić information content (AvgIpc) is 2.61. The van der Waals surface area contributed by atoms with Gasteiger partial charge in [-0.2, -0.15) is 5.10 Å². The summed E-state index contributed by atoms with van der Waals surface area (Å²) >= 11 is 17.6. The molecule has 25 heavy (non-hydrogen) atoms. The van der Waals surface area contributed by atoms with Gasteiger partial charge in [0.15, 0.2) is 10.8 Å². The zero-order chi connectivity index (χ0) is 18.6. The number of nitrogens with zero attached hydrogens (tertiary/aromatic N) is 2. The summed E-state index contributed by atoms with van der Waals surface area (Å²) in [6.07, 6.45) is 0.551. The van der Waals surface area contributed by atoms with E-state index in [9.17, 15) is 4.79 Å². The van der Waals surface area contributed by atoms with Crippen molar-refractivity contribution in [3.63, 3.8) is 0 Å². The van der Waals surface area contributed by atoms with Crippen molar-refractivity contribution in [2.75, 3.05) is 12.8 Å². The molecule has 0 aliphatic heterocycles. The second kappa shape index (κ2) is 8.38. The first-order valence-electron chi connectivity index (χ1n) is 7.10. The number of hydrogen-bond acceptors (Lipinski definition) is 5. The van der Waals surface area contributed by atoms with Crippen LogP contribution < -0.4 is 15.9 Å². The van der Waals surface area contributed by atoms with E-state index in [0.29, 0.717) is 12.1 Å². The largest absolute Gasteiger partial charge is 0.497 e. The van der Waals surface area contributed by atoms with E-state index in [1.54, 1.807) is 14.0 Å². The van der Waals surface area contributed by atoms with E-state index in [4.69, 9.17) is 45.3 Å². The van der Waals surface area contributed by atoms with E-state index in [0.717, 1.165) is 11.3 Å². The van der Waals surface area contributed by atoms with Gasteiger partial charge >= 0.3 is 0 Å². The summed E-state index contributed by atoms with van der Waals surface area (Å²) in [7, 11) is 1.60. The Kier molecular flexibility index (Phi) is 6.47. The predicted molar refractivity (Wildman–Crippen MR) is 101 cm³/mol. The summed E-state index contributed by atoms with van der Waals surface area (Å²) in [5.41, 5.74) is 9.62. The number of aromatic nitrogens is 1. The minimum absolute atomic E-state index is 0.00223. The second-order valence-corrected chi connectivity index (χ2v) is 6.22. The number of nitrogens with two attached hydrogens (primary N) is 1. The Morgan fingerprint density at radius 1 is 1.24 bits per heavy atom. The van der Waals surface area contributed by atoms with Gasteiger partial charge in [0.1, 0.15) is 10.8 Å². The number of amides is 1. The summed E-state index contributed by atoms with van der Waals surface area (Å²) < 4.78 is 5.10. The second-order valence-electron chi connectivity index (χ2n) is 5.11. The third-order valence-corrected chi connectivity index (χ3v) is 4.39. The Morgan fingerprint density at radius 2 is 1.88 bits per heavy atom. The zero-order valence-corrected chi connectivity index (χ0v) is 15.7. The third-order valence-electron chi connectivity index (χ3n) is 3.25. The number of hydrazone groups is 1. The van der Waals surface area contributed by atoms with Crippen LogP contribution in [-0.2, 0) is 6.42 Å². The lowest BCUT2D eigenvalue weighted by atomic mass is 10.1. The van der Waals surface area contributed by atoms with E-state index in [1.807, 2.05) is 24.3 Å². The highest BCUT2D eigenvalue weighted by Crippen LogP contribution is 2.34. The van der Waals surface area contributed by atoms with Crippen LogP contribution in [0.4, 0.5) is 5.69 Å². The van der Waals surface area contributed by atoms with Gasteiger partial charge < -0.3 is 10.5 Å². The van der Waals surface area contributed by atoms with E-state index in [1.165, 1.54) is 0 Å². The molecule has 1 aromatic heterocycles. The Morgan fingerprint density at radius 3 is 2.48 bits per heavy atom. The van der Waals surface area contributed by atoms with Crippen molar-refractivity contribution in [1.29, 1.82) is 0 Å². The molecule has 0 fully saturated rings. The highest BCUT2D eigenvalue weighted by molar-refractivity contribution is 6.46. The molecule has 132 valence electrons. The fraction of sp³-hybridized carbons (Fsp3) is 0.188. The molecule has 6 nitrogen and oxygen atoms in total. The smallest absolute Gasteiger partial charge is 0.291 e. The standard InChI is InChI=1S/C16H15Cl3N4O2/c1-8(7-9-3-5-10(25-2)6-4-9)22-23-16(24)14-11(17)13(20)12(18)15(19)21-14/h3-6H,7H2,1-2H3,(H2,20,21)(H,23,24)/b22-8-. The molecule has 0 unspecified atom stereocenters. The Labute approximate surface area is 159 Å². The molecule has 0 saturated carbocycles. The minimum atomic E-state index is -0.635. The number of anilines is 1. The number of ether oxygens (including phenoxy) is 1. The van der Waals surface area contributed by atoms with Crippen molar-refractivity contribution in [2.24, 2.45) is 5.10 Å². The highest BCUT2D eigenvalue weighted by Gasteiger charge is 2.19. The van der Waals surface area contributed by atoms with Gasteiger partial charge in [0.25, 0.3) is 5.91 Å². The highest BCUT2D eigenvalue weighted by atomic mass is 35.5. The molecule has 0 aliphatic carbocycles. The van der Waals surface area contributed by atoms with Gasteiger partial charge in [-0.1, -0.05) is 46.9 Å². The first kappa shape index (κ1) is 19.3. The summed E-state index contributed by atoms with van der Waals surface area (Å²) in [6.45, 7) is 1.78. The van der Waals surface area contributed by atoms with Crippen LogP contribution in [0.3, 0.4) is 0 Å². The summed E-state index contributed by atoms with van der Waals surface area (Å²) in [5, 5.41) is 3.86. The molecular weight excluding hydrogens is 387 g/mol. The van der Waals surface area contributed by atoms with Gasteiger partial charge in [0, 0.05) is 12.1 Å². The maximum atomic E-state index is 12.2. The summed E-state index contributed by atoms with van der Waals surface area (Å²) in [6, 6.07) is 7.53. The fourth-order valence-electron chi connectivity index (χ4n) is 1.96. The Balaban J connectivity index is 2.08. The average molecular weight is 402 g/mol. The van der Waals surface area contributed by atoms with Gasteiger partial charge in [0.05, 0.1) is 17.8 Å². The lowest BCUT2D eigenvalue weighted by Gasteiger charge is -2.08. The molecule has 2 aromatic rings. The van der Waals surface area contributed by atoms with Crippen LogP contribution in [0.25, 0.3) is 0 Å². The molecule has 0 radical (unpaired) electrons. The molecule has 0 saturated heterocycles. The Bertz CT molecular complexity index is 823. The first-order valence-corrected chi connectivity index (χ1v) is 8.23. The predicted octanol–water partition coefficient (Wildman–Crippen LogP) is 3.98. The number of rotatable bonds is 5. The lowest BCUT2D eigenvalue weighted by Crippen LogP contribution is -2.22. The van der Waals surface area contributed by atoms with Gasteiger partial charge in [-0.05, 0) is 24.6 Å². The number of benzene rings is 1. The van der Waals surface area contributed by atoms with Crippen molar-refractivity contribution in [1.82, 2.24) is 10.4 Å². The molecule has 0 bridgehead atoms. The molecule has 1 amide bonds. The van der Waals surface area contributed by atoms with E-state index in [2.05, 4.69) is 15.5 Å². The molecule has 0 atom stereocenters. The van der Waals surface area contributed by atoms with Crippen LogP contribution in [0.2, 0.25) is 15.2 Å². The maximum Gasteiger partial charge on any atom is 0.291 e. The van der Waals surface area contributed by atoms with E-state index in [-0.39, 0.29) is 26.6 Å². The minimum Gasteiger partial charge on any atom is -0.497 e. The Hall–Kier alpha value is -2.02. The van der Waals surface area contributed by atoms with Crippen molar-refractivity contribution in [3.8, 4) is 5.75 Å². The van der Waals surface area contributed by atoms with Crippen LogP contribution in [0, 0.1) is 0 Å². The first-order chi connectivity index (χ1) is 11.8. The number of nitrogens with one attached hydrogen (secondary N) is 1. The zero-order valence-electron chi connectivity index (χ0n) is 13.4. The van der Waals surface area contributed by atoms with E-state index < -0.39 is 5.91 Å². The SMILES string of the molecule is COc1ccc(C/C(C)=N\NC(=O)c2nc(Cl)c(Cl)c(N)c2Cl)cc1. The monoisotopic (exact) mass is 400 g/mol. The summed E-state index contributed by atoms with van der Waals surface area (Å²) in [5.74, 6) is 0.133. The number of carbonyl (C=O) groups is 1. The fourth-order valence-corrected chi connectivity index (χ4v) is 2.55. The topological polar surface area (TPSA) is 89.6 Å².